The van der Waals surface area contributed by atoms with Crippen LogP contribution in [0.2, 0.25) is 0 Å². The van der Waals surface area contributed by atoms with Crippen molar-refractivity contribution < 1.29 is 4.79 Å². The summed E-state index contributed by atoms with van der Waals surface area (Å²) in [5.74, 6) is 0.737. The molecular weight excluding hydrogens is 264 g/mol. The average molecular weight is 290 g/mol. The van der Waals surface area contributed by atoms with E-state index in [2.05, 4.69) is 27.4 Å². The summed E-state index contributed by atoms with van der Waals surface area (Å²) in [5, 5.41) is 6.19. The SMILES string of the molecule is CCNc1cc(C(=O)NCC(C)N2CCCC2)cc(C)n1. The van der Waals surface area contributed by atoms with Crippen LogP contribution in [0.25, 0.3) is 0 Å². The lowest BCUT2D eigenvalue weighted by Gasteiger charge is -2.23. The Hall–Kier alpha value is -1.62. The maximum Gasteiger partial charge on any atom is 0.251 e. The number of rotatable bonds is 6. The molecule has 0 aromatic carbocycles. The summed E-state index contributed by atoms with van der Waals surface area (Å²) in [4.78, 5) is 19.1. The summed E-state index contributed by atoms with van der Waals surface area (Å²) in [5.41, 5.74) is 1.53. The molecule has 116 valence electrons. The van der Waals surface area contributed by atoms with Crippen molar-refractivity contribution in [2.24, 2.45) is 0 Å². The van der Waals surface area contributed by atoms with Gasteiger partial charge in [-0.1, -0.05) is 0 Å². The van der Waals surface area contributed by atoms with Gasteiger partial charge in [0.25, 0.3) is 5.91 Å². The van der Waals surface area contributed by atoms with Crippen LogP contribution in [0.15, 0.2) is 12.1 Å². The molecule has 1 amide bonds. The molecule has 21 heavy (non-hydrogen) atoms. The Morgan fingerprint density at radius 2 is 2.10 bits per heavy atom. The van der Waals surface area contributed by atoms with Crippen LogP contribution in [0.4, 0.5) is 5.82 Å². The number of hydrogen-bond acceptors (Lipinski definition) is 4. The fraction of sp³-hybridized carbons (Fsp3) is 0.625. The van der Waals surface area contributed by atoms with Crippen LogP contribution in [0.5, 0.6) is 0 Å². The number of nitrogens with one attached hydrogen (secondary N) is 2. The molecule has 1 aliphatic rings. The van der Waals surface area contributed by atoms with Gasteiger partial charge < -0.3 is 10.6 Å². The summed E-state index contributed by atoms with van der Waals surface area (Å²) in [6.07, 6.45) is 2.54. The molecule has 0 bridgehead atoms. The van der Waals surface area contributed by atoms with E-state index in [0.717, 1.165) is 31.1 Å². The lowest BCUT2D eigenvalue weighted by atomic mass is 10.2. The average Bonchev–Trinajstić information content (AvgIpc) is 2.98. The zero-order chi connectivity index (χ0) is 15.2. The quantitative estimate of drug-likeness (QED) is 0.842. The van der Waals surface area contributed by atoms with E-state index in [9.17, 15) is 4.79 Å². The molecule has 0 aliphatic carbocycles. The van der Waals surface area contributed by atoms with Gasteiger partial charge in [0.15, 0.2) is 0 Å². The smallest absolute Gasteiger partial charge is 0.251 e. The van der Waals surface area contributed by atoms with Gasteiger partial charge in [-0.3, -0.25) is 9.69 Å². The van der Waals surface area contributed by atoms with Gasteiger partial charge >= 0.3 is 0 Å². The number of carbonyl (C=O) groups is 1. The normalized spacial score (nSPS) is 16.7. The van der Waals surface area contributed by atoms with E-state index in [1.54, 1.807) is 0 Å². The number of carbonyl (C=O) groups excluding carboxylic acids is 1. The first-order valence-corrected chi connectivity index (χ1v) is 7.85. The molecule has 0 radical (unpaired) electrons. The second-order valence-electron chi connectivity index (χ2n) is 5.71. The number of likely N-dealkylation sites (tertiary alicyclic amines) is 1. The van der Waals surface area contributed by atoms with Crippen molar-refractivity contribution in [1.82, 2.24) is 15.2 Å². The van der Waals surface area contributed by atoms with Crippen LogP contribution in [-0.4, -0.2) is 48.0 Å². The molecule has 5 heteroatoms. The molecule has 1 fully saturated rings. The van der Waals surface area contributed by atoms with Gasteiger partial charge in [0, 0.05) is 30.4 Å². The number of aryl methyl sites for hydroxylation is 1. The molecule has 1 atom stereocenters. The van der Waals surface area contributed by atoms with Crippen LogP contribution in [0.1, 0.15) is 42.7 Å². The largest absolute Gasteiger partial charge is 0.370 e. The first-order chi connectivity index (χ1) is 10.1. The molecule has 1 saturated heterocycles. The van der Waals surface area contributed by atoms with Gasteiger partial charge in [0.05, 0.1) is 0 Å². The summed E-state index contributed by atoms with van der Waals surface area (Å²) < 4.78 is 0. The Bertz CT molecular complexity index is 483. The van der Waals surface area contributed by atoms with E-state index in [0.29, 0.717) is 18.2 Å². The summed E-state index contributed by atoms with van der Waals surface area (Å²) in [6.45, 7) is 9.88. The molecule has 0 spiro atoms. The zero-order valence-electron chi connectivity index (χ0n) is 13.3. The lowest BCUT2D eigenvalue weighted by Crippen LogP contribution is -2.40. The number of nitrogens with zero attached hydrogens (tertiary/aromatic N) is 2. The van der Waals surface area contributed by atoms with Crippen molar-refractivity contribution in [3.63, 3.8) is 0 Å². The van der Waals surface area contributed by atoms with Gasteiger partial charge in [-0.25, -0.2) is 4.98 Å². The van der Waals surface area contributed by atoms with E-state index in [1.165, 1.54) is 12.8 Å². The first kappa shape index (κ1) is 15.8. The van der Waals surface area contributed by atoms with Gasteiger partial charge in [-0.2, -0.15) is 0 Å². The third kappa shape index (κ3) is 4.43. The second-order valence-corrected chi connectivity index (χ2v) is 5.71. The number of aromatic nitrogens is 1. The first-order valence-electron chi connectivity index (χ1n) is 7.85. The Kier molecular flexibility index (Phi) is 5.56. The highest BCUT2D eigenvalue weighted by atomic mass is 16.1. The molecule has 1 unspecified atom stereocenters. The van der Waals surface area contributed by atoms with Crippen molar-refractivity contribution in [2.45, 2.75) is 39.7 Å². The van der Waals surface area contributed by atoms with Gasteiger partial charge in [-0.05, 0) is 58.8 Å². The molecule has 1 aromatic heterocycles. The minimum Gasteiger partial charge on any atom is -0.370 e. The van der Waals surface area contributed by atoms with E-state index in [-0.39, 0.29) is 5.91 Å². The third-order valence-corrected chi connectivity index (χ3v) is 3.90. The molecule has 0 saturated carbocycles. The Morgan fingerprint density at radius 3 is 2.76 bits per heavy atom. The maximum atomic E-state index is 12.3. The van der Waals surface area contributed by atoms with Crippen LogP contribution in [0, 0.1) is 6.92 Å². The number of hydrogen-bond donors (Lipinski definition) is 2. The topological polar surface area (TPSA) is 57.3 Å². The minimum atomic E-state index is -0.0225. The van der Waals surface area contributed by atoms with Crippen molar-refractivity contribution in [2.75, 3.05) is 31.5 Å². The molecule has 2 rings (SSSR count). The Balaban J connectivity index is 1.93. The van der Waals surface area contributed by atoms with Gasteiger partial charge in [-0.15, -0.1) is 0 Å². The number of pyridine rings is 1. The molecular formula is C16H26N4O. The fourth-order valence-corrected chi connectivity index (χ4v) is 2.73. The molecule has 2 heterocycles. The van der Waals surface area contributed by atoms with Crippen LogP contribution < -0.4 is 10.6 Å². The number of anilines is 1. The highest BCUT2D eigenvalue weighted by molar-refractivity contribution is 5.95. The van der Waals surface area contributed by atoms with Crippen molar-refractivity contribution >= 4 is 11.7 Å². The van der Waals surface area contributed by atoms with Crippen molar-refractivity contribution in [1.29, 1.82) is 0 Å². The number of amides is 1. The minimum absolute atomic E-state index is 0.0225. The summed E-state index contributed by atoms with van der Waals surface area (Å²) in [7, 11) is 0. The lowest BCUT2D eigenvalue weighted by molar-refractivity contribution is 0.0940. The predicted molar refractivity (Wildman–Crippen MR) is 85.7 cm³/mol. The Morgan fingerprint density at radius 1 is 1.38 bits per heavy atom. The molecule has 2 N–H and O–H groups in total. The summed E-state index contributed by atoms with van der Waals surface area (Å²) >= 11 is 0. The van der Waals surface area contributed by atoms with E-state index in [4.69, 9.17) is 0 Å². The highest BCUT2D eigenvalue weighted by Crippen LogP contribution is 2.12. The Labute approximate surface area is 127 Å². The zero-order valence-corrected chi connectivity index (χ0v) is 13.3. The standard InChI is InChI=1S/C16H26N4O/c1-4-17-15-10-14(9-12(2)19-15)16(21)18-11-13(3)20-7-5-6-8-20/h9-10,13H,4-8,11H2,1-3H3,(H,17,19)(H,18,21). The summed E-state index contributed by atoms with van der Waals surface area (Å²) in [6, 6.07) is 4.04. The molecule has 5 nitrogen and oxygen atoms in total. The van der Waals surface area contributed by atoms with Crippen LogP contribution in [-0.2, 0) is 0 Å². The van der Waals surface area contributed by atoms with Crippen molar-refractivity contribution in [3.05, 3.63) is 23.4 Å². The van der Waals surface area contributed by atoms with Crippen LogP contribution in [0.3, 0.4) is 0 Å². The van der Waals surface area contributed by atoms with Gasteiger partial charge in [0.2, 0.25) is 0 Å². The highest BCUT2D eigenvalue weighted by Gasteiger charge is 2.18. The predicted octanol–water partition coefficient (Wildman–Crippen LogP) is 2.04. The second kappa shape index (κ2) is 7.41. The van der Waals surface area contributed by atoms with E-state index < -0.39 is 0 Å². The van der Waals surface area contributed by atoms with E-state index in [1.807, 2.05) is 26.0 Å². The van der Waals surface area contributed by atoms with Crippen LogP contribution >= 0.6 is 0 Å². The van der Waals surface area contributed by atoms with Crippen molar-refractivity contribution in [3.8, 4) is 0 Å². The molecule has 1 aliphatic heterocycles. The third-order valence-electron chi connectivity index (χ3n) is 3.90. The molecule has 1 aromatic rings. The van der Waals surface area contributed by atoms with E-state index >= 15 is 0 Å². The fourth-order valence-electron chi connectivity index (χ4n) is 2.73. The van der Waals surface area contributed by atoms with Gasteiger partial charge in [0.1, 0.15) is 5.82 Å². The maximum absolute atomic E-state index is 12.3. The monoisotopic (exact) mass is 290 g/mol.